The zero-order valence-electron chi connectivity index (χ0n) is 9.93. The first kappa shape index (κ1) is 12.9. The lowest BCUT2D eigenvalue weighted by Gasteiger charge is -2.05. The summed E-state index contributed by atoms with van der Waals surface area (Å²) in [4.78, 5) is 0. The van der Waals surface area contributed by atoms with E-state index in [0.29, 0.717) is 24.8 Å². The smallest absolute Gasteiger partial charge is 0.152 e. The molecule has 0 fully saturated rings. The van der Waals surface area contributed by atoms with Crippen molar-refractivity contribution >= 4 is 11.6 Å². The van der Waals surface area contributed by atoms with Gasteiger partial charge in [0.05, 0.1) is 12.5 Å². The molecular formula is C13H15ClN2O2. The van der Waals surface area contributed by atoms with Crippen LogP contribution in [0.1, 0.15) is 12.2 Å². The summed E-state index contributed by atoms with van der Waals surface area (Å²) < 4.78 is 10.6. The monoisotopic (exact) mass is 266 g/mol. The first-order valence-corrected chi connectivity index (χ1v) is 6.32. The molecule has 96 valence electrons. The number of rotatable bonds is 6. The van der Waals surface area contributed by atoms with Gasteiger partial charge in [-0.1, -0.05) is 5.16 Å². The van der Waals surface area contributed by atoms with Gasteiger partial charge in [-0.15, -0.1) is 11.6 Å². The fraction of sp³-hybridized carbons (Fsp3) is 0.308. The number of hydrogen-bond acceptors (Lipinski definition) is 4. The summed E-state index contributed by atoms with van der Waals surface area (Å²) in [5.74, 6) is 1.82. The van der Waals surface area contributed by atoms with E-state index in [1.54, 1.807) is 0 Å². The fourth-order valence-corrected chi connectivity index (χ4v) is 1.63. The molecule has 2 N–H and O–H groups in total. The van der Waals surface area contributed by atoms with Crippen LogP contribution < -0.4 is 10.5 Å². The zero-order chi connectivity index (χ0) is 12.8. The van der Waals surface area contributed by atoms with Gasteiger partial charge in [-0.3, -0.25) is 0 Å². The van der Waals surface area contributed by atoms with Gasteiger partial charge in [0.15, 0.2) is 5.76 Å². The second kappa shape index (κ2) is 6.42. The summed E-state index contributed by atoms with van der Waals surface area (Å²) in [6.07, 6.45) is 0.851. The fourth-order valence-electron chi connectivity index (χ4n) is 1.51. The molecule has 0 saturated carbocycles. The van der Waals surface area contributed by atoms with Crippen LogP contribution in [-0.2, 0) is 5.88 Å². The Balaban J connectivity index is 2.02. The van der Waals surface area contributed by atoms with Gasteiger partial charge in [-0.2, -0.15) is 0 Å². The number of ether oxygens (including phenoxy) is 1. The lowest BCUT2D eigenvalue weighted by atomic mass is 10.1. The number of aromatic nitrogens is 1. The van der Waals surface area contributed by atoms with Gasteiger partial charge in [0.25, 0.3) is 0 Å². The first-order chi connectivity index (χ1) is 8.83. The molecule has 0 radical (unpaired) electrons. The van der Waals surface area contributed by atoms with Crippen LogP contribution in [0.2, 0.25) is 0 Å². The highest BCUT2D eigenvalue weighted by Gasteiger charge is 2.05. The largest absolute Gasteiger partial charge is 0.494 e. The lowest BCUT2D eigenvalue weighted by Crippen LogP contribution is -2.05. The third kappa shape index (κ3) is 3.24. The standard InChI is InChI=1S/C13H15ClN2O2/c14-9-12-8-13(16-18-12)10-2-4-11(5-3-10)17-7-1-6-15/h2-5,8H,1,6-7,9,15H2. The van der Waals surface area contributed by atoms with Gasteiger partial charge in [0, 0.05) is 11.6 Å². The summed E-state index contributed by atoms with van der Waals surface area (Å²) in [7, 11) is 0. The van der Waals surface area contributed by atoms with Crippen LogP contribution in [0.4, 0.5) is 0 Å². The van der Waals surface area contributed by atoms with Crippen molar-refractivity contribution < 1.29 is 9.26 Å². The maximum Gasteiger partial charge on any atom is 0.152 e. The van der Waals surface area contributed by atoms with Crippen LogP contribution in [-0.4, -0.2) is 18.3 Å². The molecule has 0 unspecified atom stereocenters. The molecule has 2 rings (SSSR count). The summed E-state index contributed by atoms with van der Waals surface area (Å²) in [5, 5.41) is 3.95. The Kier molecular flexibility index (Phi) is 4.61. The van der Waals surface area contributed by atoms with Crippen molar-refractivity contribution in [2.45, 2.75) is 12.3 Å². The van der Waals surface area contributed by atoms with Crippen molar-refractivity contribution in [2.75, 3.05) is 13.2 Å². The molecule has 1 aromatic heterocycles. The number of nitrogens with zero attached hydrogens (tertiary/aromatic N) is 1. The first-order valence-electron chi connectivity index (χ1n) is 5.78. The molecule has 0 atom stereocenters. The van der Waals surface area contributed by atoms with E-state index in [-0.39, 0.29) is 0 Å². The number of nitrogens with two attached hydrogens (primary N) is 1. The van der Waals surface area contributed by atoms with E-state index in [1.165, 1.54) is 0 Å². The van der Waals surface area contributed by atoms with E-state index in [9.17, 15) is 0 Å². The Morgan fingerprint density at radius 3 is 2.67 bits per heavy atom. The number of alkyl halides is 1. The molecule has 18 heavy (non-hydrogen) atoms. The molecule has 0 amide bonds. The molecule has 0 bridgehead atoms. The number of hydrogen-bond donors (Lipinski definition) is 1. The molecule has 2 aromatic rings. The molecule has 5 heteroatoms. The van der Waals surface area contributed by atoms with Crippen molar-refractivity contribution in [2.24, 2.45) is 5.73 Å². The van der Waals surface area contributed by atoms with Crippen LogP contribution in [0.25, 0.3) is 11.3 Å². The summed E-state index contributed by atoms with van der Waals surface area (Å²) in [5.41, 5.74) is 7.15. The van der Waals surface area contributed by atoms with E-state index in [4.69, 9.17) is 26.6 Å². The second-order valence-corrected chi connectivity index (χ2v) is 4.09. The summed E-state index contributed by atoms with van der Waals surface area (Å²) in [6.45, 7) is 1.27. The van der Waals surface area contributed by atoms with Gasteiger partial charge in [-0.05, 0) is 37.2 Å². The maximum absolute atomic E-state index is 5.66. The highest BCUT2D eigenvalue weighted by Crippen LogP contribution is 2.22. The van der Waals surface area contributed by atoms with Crippen molar-refractivity contribution in [3.63, 3.8) is 0 Å². The Morgan fingerprint density at radius 1 is 1.28 bits per heavy atom. The normalized spacial score (nSPS) is 10.6. The molecule has 0 aliphatic heterocycles. The summed E-state index contributed by atoms with van der Waals surface area (Å²) >= 11 is 5.66. The molecule has 0 spiro atoms. The van der Waals surface area contributed by atoms with E-state index in [2.05, 4.69) is 5.16 Å². The van der Waals surface area contributed by atoms with Gasteiger partial charge < -0.3 is 15.0 Å². The Labute approximate surface area is 111 Å². The van der Waals surface area contributed by atoms with E-state index in [1.807, 2.05) is 30.3 Å². The third-order valence-corrected chi connectivity index (χ3v) is 2.72. The third-order valence-electron chi connectivity index (χ3n) is 2.46. The van der Waals surface area contributed by atoms with E-state index >= 15 is 0 Å². The number of halogens is 1. The van der Waals surface area contributed by atoms with E-state index < -0.39 is 0 Å². The van der Waals surface area contributed by atoms with Crippen LogP contribution in [0.15, 0.2) is 34.9 Å². The minimum absolute atomic E-state index is 0.327. The maximum atomic E-state index is 5.66. The van der Waals surface area contributed by atoms with Gasteiger partial charge in [0.2, 0.25) is 0 Å². The van der Waals surface area contributed by atoms with Crippen LogP contribution in [0.5, 0.6) is 5.75 Å². The van der Waals surface area contributed by atoms with Crippen molar-refractivity contribution in [3.8, 4) is 17.0 Å². The predicted molar refractivity (Wildman–Crippen MR) is 70.7 cm³/mol. The molecular weight excluding hydrogens is 252 g/mol. The molecule has 0 saturated heterocycles. The Hall–Kier alpha value is -1.52. The minimum atomic E-state index is 0.327. The van der Waals surface area contributed by atoms with E-state index in [0.717, 1.165) is 23.4 Å². The van der Waals surface area contributed by atoms with Crippen molar-refractivity contribution in [1.82, 2.24) is 5.16 Å². The second-order valence-electron chi connectivity index (χ2n) is 3.83. The molecule has 1 aromatic carbocycles. The molecule has 0 aliphatic carbocycles. The van der Waals surface area contributed by atoms with Gasteiger partial charge >= 0.3 is 0 Å². The van der Waals surface area contributed by atoms with Crippen LogP contribution in [0, 0.1) is 0 Å². The summed E-state index contributed by atoms with van der Waals surface area (Å²) in [6, 6.07) is 9.51. The molecule has 0 aliphatic rings. The predicted octanol–water partition coefficient (Wildman–Crippen LogP) is 2.81. The van der Waals surface area contributed by atoms with Gasteiger partial charge in [-0.25, -0.2) is 0 Å². The quantitative estimate of drug-likeness (QED) is 0.645. The Bertz CT molecular complexity index is 482. The molecule has 4 nitrogen and oxygen atoms in total. The van der Waals surface area contributed by atoms with Crippen LogP contribution in [0.3, 0.4) is 0 Å². The average molecular weight is 267 g/mol. The SMILES string of the molecule is NCCCOc1ccc(-c2cc(CCl)on2)cc1. The van der Waals surface area contributed by atoms with Gasteiger partial charge in [0.1, 0.15) is 11.4 Å². The highest BCUT2D eigenvalue weighted by molar-refractivity contribution is 6.16. The average Bonchev–Trinajstić information content (AvgIpc) is 2.89. The number of benzene rings is 1. The van der Waals surface area contributed by atoms with Crippen molar-refractivity contribution in [1.29, 1.82) is 0 Å². The Morgan fingerprint density at radius 2 is 2.06 bits per heavy atom. The zero-order valence-corrected chi connectivity index (χ0v) is 10.7. The topological polar surface area (TPSA) is 61.3 Å². The highest BCUT2D eigenvalue weighted by atomic mass is 35.5. The minimum Gasteiger partial charge on any atom is -0.494 e. The van der Waals surface area contributed by atoms with Crippen molar-refractivity contribution in [3.05, 3.63) is 36.1 Å². The lowest BCUT2D eigenvalue weighted by molar-refractivity contribution is 0.313. The molecule has 1 heterocycles. The van der Waals surface area contributed by atoms with Crippen LogP contribution >= 0.6 is 11.6 Å².